The van der Waals surface area contributed by atoms with Gasteiger partial charge in [0.15, 0.2) is 12.6 Å². The number of fused-ring (bicyclic) bond motifs is 1. The predicted molar refractivity (Wildman–Crippen MR) is 128 cm³/mol. The molecule has 0 unspecified atom stereocenters. The van der Waals surface area contributed by atoms with Gasteiger partial charge in [-0.2, -0.15) is 0 Å². The SMILES string of the molecule is O=Cc1cc2nccc(Oc3ccc(NC(=O)NCCCN4CCOCC4)cc3)c2cc1C=O. The first kappa shape index (κ1) is 23.3. The third kappa shape index (κ3) is 5.94. The maximum Gasteiger partial charge on any atom is 0.319 e. The number of ether oxygens (including phenoxy) is 2. The Morgan fingerprint density at radius 3 is 2.53 bits per heavy atom. The summed E-state index contributed by atoms with van der Waals surface area (Å²) < 4.78 is 11.3. The van der Waals surface area contributed by atoms with E-state index in [1.54, 1.807) is 48.7 Å². The lowest BCUT2D eigenvalue weighted by atomic mass is 10.1. The Morgan fingerprint density at radius 1 is 1.06 bits per heavy atom. The largest absolute Gasteiger partial charge is 0.457 e. The number of nitrogens with one attached hydrogen (secondary N) is 2. The van der Waals surface area contributed by atoms with Crippen molar-refractivity contribution in [2.24, 2.45) is 0 Å². The number of carbonyl (C=O) groups excluding carboxylic acids is 3. The molecule has 1 aliphatic rings. The van der Waals surface area contributed by atoms with Crippen molar-refractivity contribution in [2.45, 2.75) is 6.42 Å². The van der Waals surface area contributed by atoms with Crippen LogP contribution in [0.4, 0.5) is 10.5 Å². The molecule has 2 heterocycles. The molecule has 1 saturated heterocycles. The van der Waals surface area contributed by atoms with Crippen LogP contribution in [0.2, 0.25) is 0 Å². The first-order valence-corrected chi connectivity index (χ1v) is 11.1. The summed E-state index contributed by atoms with van der Waals surface area (Å²) in [5, 5.41) is 6.29. The molecule has 2 N–H and O–H groups in total. The molecule has 176 valence electrons. The van der Waals surface area contributed by atoms with Crippen molar-refractivity contribution in [3.8, 4) is 11.5 Å². The molecule has 9 heteroatoms. The summed E-state index contributed by atoms with van der Waals surface area (Å²) in [6.07, 6.45) is 3.71. The van der Waals surface area contributed by atoms with Crippen molar-refractivity contribution >= 4 is 35.2 Å². The maximum atomic E-state index is 12.2. The molecule has 0 atom stereocenters. The molecule has 1 aliphatic heterocycles. The van der Waals surface area contributed by atoms with Crippen LogP contribution in [0.5, 0.6) is 11.5 Å². The van der Waals surface area contributed by atoms with E-state index in [9.17, 15) is 14.4 Å². The zero-order valence-corrected chi connectivity index (χ0v) is 18.7. The van der Waals surface area contributed by atoms with Gasteiger partial charge in [0.25, 0.3) is 0 Å². The third-order valence-electron chi connectivity index (χ3n) is 5.54. The summed E-state index contributed by atoms with van der Waals surface area (Å²) >= 11 is 0. The zero-order valence-electron chi connectivity index (χ0n) is 18.7. The molecule has 0 bridgehead atoms. The molecule has 1 aromatic heterocycles. The lowest BCUT2D eigenvalue weighted by Crippen LogP contribution is -2.38. The van der Waals surface area contributed by atoms with Gasteiger partial charge in [0.2, 0.25) is 0 Å². The van der Waals surface area contributed by atoms with E-state index in [1.165, 1.54) is 0 Å². The molecular formula is C25H26N4O5. The fourth-order valence-corrected chi connectivity index (χ4v) is 3.73. The van der Waals surface area contributed by atoms with Gasteiger partial charge < -0.3 is 20.1 Å². The second-order valence-corrected chi connectivity index (χ2v) is 7.86. The Labute approximate surface area is 197 Å². The van der Waals surface area contributed by atoms with Crippen molar-refractivity contribution in [3.05, 3.63) is 59.8 Å². The Bertz CT molecular complexity index is 1160. The van der Waals surface area contributed by atoms with Gasteiger partial charge in [-0.1, -0.05) is 0 Å². The summed E-state index contributed by atoms with van der Waals surface area (Å²) in [7, 11) is 0. The Hall–Kier alpha value is -3.82. The monoisotopic (exact) mass is 462 g/mol. The van der Waals surface area contributed by atoms with Crippen LogP contribution in [0, 0.1) is 0 Å². The van der Waals surface area contributed by atoms with Crippen molar-refractivity contribution < 1.29 is 23.9 Å². The highest BCUT2D eigenvalue weighted by Gasteiger charge is 2.11. The number of nitrogens with zero attached hydrogens (tertiary/aromatic N) is 2. The lowest BCUT2D eigenvalue weighted by molar-refractivity contribution is 0.0375. The number of amides is 2. The number of hydrogen-bond acceptors (Lipinski definition) is 7. The fourth-order valence-electron chi connectivity index (χ4n) is 3.73. The standard InChI is InChI=1S/C25H26N4O5/c30-16-18-14-22-23(15-19(18)17-31)26-8-6-24(22)34-21-4-2-20(3-5-21)28-25(32)27-7-1-9-29-10-12-33-13-11-29/h2-6,8,14-17H,1,7,9-13H2,(H2,27,28,32). The van der Waals surface area contributed by atoms with E-state index < -0.39 is 0 Å². The summed E-state index contributed by atoms with van der Waals surface area (Å²) in [4.78, 5) is 41.2. The van der Waals surface area contributed by atoms with Gasteiger partial charge in [-0.15, -0.1) is 0 Å². The van der Waals surface area contributed by atoms with E-state index in [-0.39, 0.29) is 17.2 Å². The second kappa shape index (κ2) is 11.4. The van der Waals surface area contributed by atoms with Gasteiger partial charge in [-0.05, 0) is 55.4 Å². The number of hydrogen-bond donors (Lipinski definition) is 2. The molecule has 0 aliphatic carbocycles. The topological polar surface area (TPSA) is 110 Å². The number of morpholine rings is 1. The van der Waals surface area contributed by atoms with Gasteiger partial charge in [-0.3, -0.25) is 19.5 Å². The first-order valence-electron chi connectivity index (χ1n) is 11.1. The van der Waals surface area contributed by atoms with E-state index in [1.807, 2.05) is 0 Å². The van der Waals surface area contributed by atoms with Crippen LogP contribution in [0.25, 0.3) is 10.9 Å². The molecule has 0 spiro atoms. The molecule has 2 aromatic carbocycles. The number of benzene rings is 2. The van der Waals surface area contributed by atoms with E-state index in [0.717, 1.165) is 39.3 Å². The van der Waals surface area contributed by atoms with E-state index in [0.29, 0.717) is 47.2 Å². The molecule has 0 saturated carbocycles. The highest BCUT2D eigenvalue weighted by atomic mass is 16.5. The fraction of sp³-hybridized carbons (Fsp3) is 0.280. The number of urea groups is 1. The molecule has 0 radical (unpaired) electrons. The smallest absolute Gasteiger partial charge is 0.319 e. The van der Waals surface area contributed by atoms with E-state index in [2.05, 4.69) is 20.5 Å². The predicted octanol–water partition coefficient (Wildman–Crippen LogP) is 3.50. The number of rotatable bonds is 9. The summed E-state index contributed by atoms with van der Waals surface area (Å²) in [6.45, 7) is 4.94. The number of aldehydes is 2. The number of carbonyl (C=O) groups is 3. The van der Waals surface area contributed by atoms with Crippen molar-refractivity contribution in [1.29, 1.82) is 0 Å². The Kier molecular flexibility index (Phi) is 7.79. The van der Waals surface area contributed by atoms with E-state index in [4.69, 9.17) is 9.47 Å². The lowest BCUT2D eigenvalue weighted by Gasteiger charge is -2.26. The average Bonchev–Trinajstić information content (AvgIpc) is 2.88. The van der Waals surface area contributed by atoms with Crippen LogP contribution in [0.1, 0.15) is 27.1 Å². The summed E-state index contributed by atoms with van der Waals surface area (Å²) in [6, 6.07) is 11.5. The van der Waals surface area contributed by atoms with Crippen LogP contribution < -0.4 is 15.4 Å². The minimum Gasteiger partial charge on any atom is -0.457 e. The normalized spacial score (nSPS) is 13.9. The average molecular weight is 463 g/mol. The molecule has 2 amide bonds. The minimum atomic E-state index is -0.261. The van der Waals surface area contributed by atoms with E-state index >= 15 is 0 Å². The molecular weight excluding hydrogens is 436 g/mol. The zero-order chi connectivity index (χ0) is 23.8. The van der Waals surface area contributed by atoms with Crippen LogP contribution in [-0.2, 0) is 4.74 Å². The van der Waals surface area contributed by atoms with Gasteiger partial charge in [0.05, 0.1) is 18.7 Å². The quantitative estimate of drug-likeness (QED) is 0.370. The molecule has 3 aromatic rings. The van der Waals surface area contributed by atoms with Gasteiger partial charge in [0, 0.05) is 48.0 Å². The second-order valence-electron chi connectivity index (χ2n) is 7.86. The van der Waals surface area contributed by atoms with Gasteiger partial charge in [0.1, 0.15) is 11.5 Å². The van der Waals surface area contributed by atoms with Crippen LogP contribution in [-0.4, -0.2) is 67.9 Å². The summed E-state index contributed by atoms with van der Waals surface area (Å²) in [5.41, 5.74) is 1.74. The molecule has 4 rings (SSSR count). The Balaban J connectivity index is 1.32. The summed E-state index contributed by atoms with van der Waals surface area (Å²) in [5.74, 6) is 1.06. The van der Waals surface area contributed by atoms with Crippen LogP contribution in [0.15, 0.2) is 48.7 Å². The highest BCUT2D eigenvalue weighted by molar-refractivity contribution is 5.99. The van der Waals surface area contributed by atoms with Crippen LogP contribution >= 0.6 is 0 Å². The van der Waals surface area contributed by atoms with Gasteiger partial charge >= 0.3 is 6.03 Å². The van der Waals surface area contributed by atoms with Crippen molar-refractivity contribution in [2.75, 3.05) is 44.7 Å². The maximum absolute atomic E-state index is 12.2. The molecule has 34 heavy (non-hydrogen) atoms. The molecule has 1 fully saturated rings. The minimum absolute atomic E-state index is 0.261. The first-order chi connectivity index (χ1) is 16.7. The van der Waals surface area contributed by atoms with Crippen molar-refractivity contribution in [1.82, 2.24) is 15.2 Å². The van der Waals surface area contributed by atoms with Gasteiger partial charge in [-0.25, -0.2) is 4.79 Å². The number of anilines is 1. The Morgan fingerprint density at radius 2 is 1.79 bits per heavy atom. The third-order valence-corrected chi connectivity index (χ3v) is 5.54. The highest BCUT2D eigenvalue weighted by Crippen LogP contribution is 2.30. The van der Waals surface area contributed by atoms with Crippen molar-refractivity contribution in [3.63, 3.8) is 0 Å². The van der Waals surface area contributed by atoms with Crippen LogP contribution in [0.3, 0.4) is 0 Å². The molecule has 9 nitrogen and oxygen atoms in total. The number of aromatic nitrogens is 1. The number of pyridine rings is 1.